The SMILES string of the molecule is C=CC(=O)OC(CCCCC)CCC(=C)C. The average molecular weight is 224 g/mol. The van der Waals surface area contributed by atoms with Crippen molar-refractivity contribution in [2.45, 2.75) is 58.5 Å². The van der Waals surface area contributed by atoms with Crippen molar-refractivity contribution in [3.8, 4) is 0 Å². The summed E-state index contributed by atoms with van der Waals surface area (Å²) in [4.78, 5) is 11.1. The van der Waals surface area contributed by atoms with E-state index < -0.39 is 0 Å². The van der Waals surface area contributed by atoms with Gasteiger partial charge < -0.3 is 4.74 Å². The summed E-state index contributed by atoms with van der Waals surface area (Å²) in [6, 6.07) is 0. The summed E-state index contributed by atoms with van der Waals surface area (Å²) in [6.07, 6.45) is 7.47. The highest BCUT2D eigenvalue weighted by molar-refractivity contribution is 5.81. The second kappa shape index (κ2) is 9.20. The third-order valence-electron chi connectivity index (χ3n) is 2.47. The highest BCUT2D eigenvalue weighted by atomic mass is 16.5. The molecule has 0 aliphatic rings. The first-order chi connectivity index (χ1) is 7.60. The van der Waals surface area contributed by atoms with Crippen molar-refractivity contribution >= 4 is 5.97 Å². The highest BCUT2D eigenvalue weighted by Gasteiger charge is 2.12. The molecule has 1 atom stereocenters. The Morgan fingerprint density at radius 3 is 2.56 bits per heavy atom. The van der Waals surface area contributed by atoms with Gasteiger partial charge in [0, 0.05) is 6.08 Å². The lowest BCUT2D eigenvalue weighted by Gasteiger charge is -2.16. The molecule has 0 heterocycles. The number of unbranched alkanes of at least 4 members (excludes halogenated alkanes) is 2. The molecule has 0 bridgehead atoms. The summed E-state index contributed by atoms with van der Waals surface area (Å²) < 4.78 is 5.30. The molecule has 0 fully saturated rings. The minimum absolute atomic E-state index is 0.0220. The number of ether oxygens (including phenoxy) is 1. The first kappa shape index (κ1) is 14.9. The Hall–Kier alpha value is -1.05. The van der Waals surface area contributed by atoms with Gasteiger partial charge in [0.1, 0.15) is 6.10 Å². The van der Waals surface area contributed by atoms with Gasteiger partial charge in [0.05, 0.1) is 0 Å². The van der Waals surface area contributed by atoms with E-state index in [9.17, 15) is 4.79 Å². The quantitative estimate of drug-likeness (QED) is 0.256. The van der Waals surface area contributed by atoms with Gasteiger partial charge in [-0.3, -0.25) is 0 Å². The molecule has 0 radical (unpaired) electrons. The first-order valence-corrected chi connectivity index (χ1v) is 6.07. The average Bonchev–Trinajstić information content (AvgIpc) is 2.25. The standard InChI is InChI=1S/C14H24O2/c1-5-7-8-9-13(11-10-12(3)4)16-14(15)6-2/h6,13H,2-3,5,7-11H2,1,4H3. The normalized spacial score (nSPS) is 11.9. The molecule has 0 amide bonds. The van der Waals surface area contributed by atoms with E-state index in [1.807, 2.05) is 6.92 Å². The lowest BCUT2D eigenvalue weighted by Crippen LogP contribution is -2.17. The van der Waals surface area contributed by atoms with Crippen molar-refractivity contribution in [1.82, 2.24) is 0 Å². The van der Waals surface area contributed by atoms with Gasteiger partial charge in [-0.15, -0.1) is 6.58 Å². The van der Waals surface area contributed by atoms with Gasteiger partial charge in [0.15, 0.2) is 0 Å². The van der Waals surface area contributed by atoms with Gasteiger partial charge in [-0.2, -0.15) is 0 Å². The Morgan fingerprint density at radius 2 is 2.06 bits per heavy atom. The molecule has 0 N–H and O–H groups in total. The first-order valence-electron chi connectivity index (χ1n) is 6.07. The van der Waals surface area contributed by atoms with Crippen molar-refractivity contribution in [3.05, 3.63) is 24.8 Å². The van der Waals surface area contributed by atoms with Crippen LogP contribution in [0, 0.1) is 0 Å². The van der Waals surface area contributed by atoms with E-state index >= 15 is 0 Å². The number of rotatable bonds is 9. The molecule has 16 heavy (non-hydrogen) atoms. The highest BCUT2D eigenvalue weighted by Crippen LogP contribution is 2.15. The van der Waals surface area contributed by atoms with E-state index in [0.717, 1.165) is 31.3 Å². The zero-order valence-electron chi connectivity index (χ0n) is 10.6. The van der Waals surface area contributed by atoms with E-state index in [0.29, 0.717) is 0 Å². The van der Waals surface area contributed by atoms with Crippen LogP contribution in [-0.2, 0) is 9.53 Å². The summed E-state index contributed by atoms with van der Waals surface area (Å²) in [6.45, 7) is 11.4. The van der Waals surface area contributed by atoms with Crippen LogP contribution in [0.2, 0.25) is 0 Å². The number of allylic oxidation sites excluding steroid dienone is 1. The fourth-order valence-corrected chi connectivity index (χ4v) is 1.50. The maximum absolute atomic E-state index is 11.1. The fraction of sp³-hybridized carbons (Fsp3) is 0.643. The summed E-state index contributed by atoms with van der Waals surface area (Å²) >= 11 is 0. The van der Waals surface area contributed by atoms with Crippen LogP contribution < -0.4 is 0 Å². The molecule has 0 rings (SSSR count). The molecular formula is C14H24O2. The van der Waals surface area contributed by atoms with E-state index in [1.165, 1.54) is 18.9 Å². The van der Waals surface area contributed by atoms with Gasteiger partial charge in [-0.05, 0) is 32.6 Å². The summed E-state index contributed by atoms with van der Waals surface area (Å²) in [5.74, 6) is -0.316. The number of esters is 1. The Morgan fingerprint density at radius 1 is 1.38 bits per heavy atom. The van der Waals surface area contributed by atoms with Crippen molar-refractivity contribution < 1.29 is 9.53 Å². The van der Waals surface area contributed by atoms with E-state index in [2.05, 4.69) is 20.1 Å². The summed E-state index contributed by atoms with van der Waals surface area (Å²) in [7, 11) is 0. The lowest BCUT2D eigenvalue weighted by atomic mass is 10.0. The number of hydrogen-bond acceptors (Lipinski definition) is 2. The molecule has 0 aromatic carbocycles. The minimum atomic E-state index is -0.316. The van der Waals surface area contributed by atoms with Gasteiger partial charge in [-0.1, -0.05) is 31.9 Å². The van der Waals surface area contributed by atoms with E-state index in [-0.39, 0.29) is 12.1 Å². The monoisotopic (exact) mass is 224 g/mol. The van der Waals surface area contributed by atoms with Crippen LogP contribution in [-0.4, -0.2) is 12.1 Å². The molecule has 0 aromatic rings. The van der Waals surface area contributed by atoms with Gasteiger partial charge in [0.25, 0.3) is 0 Å². The van der Waals surface area contributed by atoms with Crippen LogP contribution in [0.15, 0.2) is 24.8 Å². The zero-order valence-corrected chi connectivity index (χ0v) is 10.6. The molecule has 0 aliphatic carbocycles. The third-order valence-corrected chi connectivity index (χ3v) is 2.47. The van der Waals surface area contributed by atoms with Crippen LogP contribution in [0.5, 0.6) is 0 Å². The molecule has 0 aromatic heterocycles. The van der Waals surface area contributed by atoms with Crippen molar-refractivity contribution in [3.63, 3.8) is 0 Å². The molecule has 92 valence electrons. The Labute approximate surface area is 99.4 Å². The van der Waals surface area contributed by atoms with Gasteiger partial charge in [0.2, 0.25) is 0 Å². The summed E-state index contributed by atoms with van der Waals surface area (Å²) in [5.41, 5.74) is 1.13. The van der Waals surface area contributed by atoms with Crippen molar-refractivity contribution in [1.29, 1.82) is 0 Å². The summed E-state index contributed by atoms with van der Waals surface area (Å²) in [5, 5.41) is 0. The van der Waals surface area contributed by atoms with Gasteiger partial charge >= 0.3 is 5.97 Å². The van der Waals surface area contributed by atoms with Gasteiger partial charge in [-0.25, -0.2) is 4.79 Å². The number of carbonyl (C=O) groups is 1. The molecule has 1 unspecified atom stereocenters. The van der Waals surface area contributed by atoms with Crippen molar-refractivity contribution in [2.75, 3.05) is 0 Å². The van der Waals surface area contributed by atoms with Crippen molar-refractivity contribution in [2.24, 2.45) is 0 Å². The van der Waals surface area contributed by atoms with Crippen LogP contribution >= 0.6 is 0 Å². The maximum atomic E-state index is 11.1. The Balaban J connectivity index is 3.99. The predicted molar refractivity (Wildman–Crippen MR) is 68.3 cm³/mol. The van der Waals surface area contributed by atoms with Crippen LogP contribution in [0.25, 0.3) is 0 Å². The Bertz CT molecular complexity index is 231. The Kier molecular flexibility index (Phi) is 8.59. The smallest absolute Gasteiger partial charge is 0.330 e. The van der Waals surface area contributed by atoms with Crippen LogP contribution in [0.4, 0.5) is 0 Å². The second-order valence-electron chi connectivity index (χ2n) is 4.25. The maximum Gasteiger partial charge on any atom is 0.330 e. The minimum Gasteiger partial charge on any atom is -0.459 e. The molecule has 2 heteroatoms. The fourth-order valence-electron chi connectivity index (χ4n) is 1.50. The van der Waals surface area contributed by atoms with E-state index in [4.69, 9.17) is 4.74 Å². The number of carbonyl (C=O) groups excluding carboxylic acids is 1. The topological polar surface area (TPSA) is 26.3 Å². The van der Waals surface area contributed by atoms with Crippen LogP contribution in [0.3, 0.4) is 0 Å². The van der Waals surface area contributed by atoms with E-state index in [1.54, 1.807) is 0 Å². The second-order valence-corrected chi connectivity index (χ2v) is 4.25. The zero-order chi connectivity index (χ0) is 12.4. The molecule has 0 spiro atoms. The molecule has 0 saturated carbocycles. The van der Waals surface area contributed by atoms with Crippen LogP contribution in [0.1, 0.15) is 52.4 Å². The predicted octanol–water partition coefficient (Wildman–Crippen LogP) is 4.02. The largest absolute Gasteiger partial charge is 0.459 e. The lowest BCUT2D eigenvalue weighted by molar-refractivity contribution is -0.143. The number of hydrogen-bond donors (Lipinski definition) is 0. The molecule has 0 saturated heterocycles. The third kappa shape index (κ3) is 8.27. The molecule has 0 aliphatic heterocycles. The molecular weight excluding hydrogens is 200 g/mol. The molecule has 2 nitrogen and oxygen atoms in total.